The van der Waals surface area contributed by atoms with Gasteiger partial charge >= 0.3 is 5.97 Å². The van der Waals surface area contributed by atoms with Crippen LogP contribution < -0.4 is 5.73 Å². The number of rotatable bonds is 5. The van der Waals surface area contributed by atoms with Crippen molar-refractivity contribution in [3.8, 4) is 11.1 Å². The molecule has 3 rings (SSSR count). The highest BCUT2D eigenvalue weighted by molar-refractivity contribution is 7.17. The van der Waals surface area contributed by atoms with E-state index in [1.165, 1.54) is 30.6 Å². The lowest BCUT2D eigenvalue weighted by Crippen LogP contribution is -2.28. The lowest BCUT2D eigenvalue weighted by Gasteiger charge is -2.26. The zero-order chi connectivity index (χ0) is 16.9. The van der Waals surface area contributed by atoms with Crippen LogP contribution in [0.15, 0.2) is 30.3 Å². The fourth-order valence-electron chi connectivity index (χ4n) is 3.25. The first-order valence-corrected chi connectivity index (χ1v) is 9.38. The zero-order valence-electron chi connectivity index (χ0n) is 14.1. The Morgan fingerprint density at radius 3 is 2.58 bits per heavy atom. The van der Waals surface area contributed by atoms with Gasteiger partial charge in [-0.1, -0.05) is 36.8 Å². The van der Waals surface area contributed by atoms with Crippen molar-refractivity contribution in [1.29, 1.82) is 0 Å². The maximum atomic E-state index is 12.5. The fraction of sp³-hybridized carbons (Fsp3) is 0.421. The van der Waals surface area contributed by atoms with Crippen LogP contribution in [0.5, 0.6) is 0 Å². The summed E-state index contributed by atoms with van der Waals surface area (Å²) in [4.78, 5) is 16.1. The Labute approximate surface area is 147 Å². The second-order valence-corrected chi connectivity index (χ2v) is 7.20. The molecule has 4 nitrogen and oxygen atoms in total. The van der Waals surface area contributed by atoms with Crippen LogP contribution in [0.25, 0.3) is 11.1 Å². The van der Waals surface area contributed by atoms with Gasteiger partial charge < -0.3 is 10.5 Å². The topological polar surface area (TPSA) is 55.6 Å². The Balaban J connectivity index is 2.01. The van der Waals surface area contributed by atoms with Gasteiger partial charge in [0.15, 0.2) is 0 Å². The molecule has 0 radical (unpaired) electrons. The van der Waals surface area contributed by atoms with Crippen molar-refractivity contribution in [2.24, 2.45) is 0 Å². The molecule has 1 saturated heterocycles. The fourth-order valence-corrected chi connectivity index (χ4v) is 4.37. The number of hydrogen-bond acceptors (Lipinski definition) is 5. The van der Waals surface area contributed by atoms with Crippen LogP contribution in [-0.2, 0) is 11.3 Å². The summed E-state index contributed by atoms with van der Waals surface area (Å²) >= 11 is 1.52. The van der Waals surface area contributed by atoms with Crippen molar-refractivity contribution < 1.29 is 9.53 Å². The van der Waals surface area contributed by atoms with Crippen LogP contribution in [0.1, 0.15) is 41.4 Å². The molecule has 0 unspecified atom stereocenters. The first-order chi connectivity index (χ1) is 11.7. The van der Waals surface area contributed by atoms with E-state index >= 15 is 0 Å². The van der Waals surface area contributed by atoms with Crippen LogP contribution in [-0.4, -0.2) is 30.6 Å². The molecule has 2 heterocycles. The summed E-state index contributed by atoms with van der Waals surface area (Å²) in [6.07, 6.45) is 3.79. The highest BCUT2D eigenvalue weighted by Crippen LogP contribution is 2.40. The standard InChI is InChI=1S/C19H24N2O2S/c1-2-23-19(22)17-16(14-9-5-3-6-10-14)15(24-18(17)20)13-21-11-7-4-8-12-21/h3,5-6,9-10H,2,4,7-8,11-13,20H2,1H3. The van der Waals surface area contributed by atoms with Crippen molar-refractivity contribution >= 4 is 22.3 Å². The molecule has 24 heavy (non-hydrogen) atoms. The molecule has 1 aromatic heterocycles. The molecule has 0 bridgehead atoms. The third-order valence-corrected chi connectivity index (χ3v) is 5.37. The van der Waals surface area contributed by atoms with Gasteiger partial charge in [0.05, 0.1) is 6.61 Å². The molecule has 1 fully saturated rings. The van der Waals surface area contributed by atoms with E-state index in [-0.39, 0.29) is 5.97 Å². The molecular weight excluding hydrogens is 320 g/mol. The van der Waals surface area contributed by atoms with Gasteiger partial charge in [0.1, 0.15) is 10.6 Å². The molecule has 2 N–H and O–H groups in total. The Kier molecular flexibility index (Phi) is 5.53. The van der Waals surface area contributed by atoms with Gasteiger partial charge in [-0.05, 0) is 38.4 Å². The van der Waals surface area contributed by atoms with Gasteiger partial charge in [0.2, 0.25) is 0 Å². The van der Waals surface area contributed by atoms with E-state index < -0.39 is 0 Å². The Hall–Kier alpha value is -1.85. The van der Waals surface area contributed by atoms with E-state index in [0.29, 0.717) is 17.2 Å². The molecule has 0 atom stereocenters. The Morgan fingerprint density at radius 1 is 1.21 bits per heavy atom. The lowest BCUT2D eigenvalue weighted by molar-refractivity contribution is 0.0529. The molecule has 128 valence electrons. The molecule has 0 aliphatic carbocycles. The Bertz CT molecular complexity index is 691. The average Bonchev–Trinajstić information content (AvgIpc) is 2.93. The number of benzene rings is 1. The number of nitrogens with zero attached hydrogens (tertiary/aromatic N) is 1. The van der Waals surface area contributed by atoms with Gasteiger partial charge in [-0.15, -0.1) is 11.3 Å². The van der Waals surface area contributed by atoms with E-state index in [9.17, 15) is 4.79 Å². The summed E-state index contributed by atoms with van der Waals surface area (Å²) in [5.41, 5.74) is 8.72. The highest BCUT2D eigenvalue weighted by Gasteiger charge is 2.25. The maximum Gasteiger partial charge on any atom is 0.341 e. The quantitative estimate of drug-likeness (QED) is 0.828. The number of carbonyl (C=O) groups excluding carboxylic acids is 1. The third kappa shape index (κ3) is 3.62. The van der Waals surface area contributed by atoms with Crippen molar-refractivity contribution in [2.45, 2.75) is 32.7 Å². The number of thiophene rings is 1. The van der Waals surface area contributed by atoms with Crippen LogP contribution >= 0.6 is 11.3 Å². The predicted molar refractivity (Wildman–Crippen MR) is 99.3 cm³/mol. The molecular formula is C19H24N2O2S. The molecule has 0 saturated carbocycles. The second kappa shape index (κ2) is 7.81. The smallest absolute Gasteiger partial charge is 0.341 e. The Morgan fingerprint density at radius 2 is 1.92 bits per heavy atom. The number of nitrogen functional groups attached to an aromatic ring is 1. The van der Waals surface area contributed by atoms with Gasteiger partial charge in [-0.2, -0.15) is 0 Å². The monoisotopic (exact) mass is 344 g/mol. The number of likely N-dealkylation sites (tertiary alicyclic amines) is 1. The molecule has 5 heteroatoms. The van der Waals surface area contributed by atoms with Gasteiger partial charge in [-0.3, -0.25) is 4.90 Å². The number of esters is 1. The normalized spacial score (nSPS) is 15.4. The van der Waals surface area contributed by atoms with Crippen molar-refractivity contribution in [1.82, 2.24) is 4.90 Å². The van der Waals surface area contributed by atoms with Crippen LogP contribution in [0.2, 0.25) is 0 Å². The summed E-state index contributed by atoms with van der Waals surface area (Å²) in [6.45, 7) is 5.24. The van der Waals surface area contributed by atoms with E-state index in [0.717, 1.165) is 35.6 Å². The summed E-state index contributed by atoms with van der Waals surface area (Å²) in [6, 6.07) is 10.0. The molecule has 1 aliphatic heterocycles. The van der Waals surface area contributed by atoms with Crippen molar-refractivity contribution in [3.05, 3.63) is 40.8 Å². The number of hydrogen-bond donors (Lipinski definition) is 1. The number of ether oxygens (including phenoxy) is 1. The minimum Gasteiger partial charge on any atom is -0.462 e. The SMILES string of the molecule is CCOC(=O)c1c(N)sc(CN2CCCCC2)c1-c1ccccc1. The first-order valence-electron chi connectivity index (χ1n) is 8.56. The van der Waals surface area contributed by atoms with Crippen molar-refractivity contribution in [3.63, 3.8) is 0 Å². The number of piperidine rings is 1. The summed E-state index contributed by atoms with van der Waals surface area (Å²) in [7, 11) is 0. The van der Waals surface area contributed by atoms with Gasteiger partial charge in [0.25, 0.3) is 0 Å². The molecule has 1 aromatic carbocycles. The second-order valence-electron chi connectivity index (χ2n) is 6.06. The number of carbonyl (C=O) groups is 1. The van der Waals surface area contributed by atoms with E-state index in [4.69, 9.17) is 10.5 Å². The van der Waals surface area contributed by atoms with E-state index in [1.54, 1.807) is 0 Å². The third-order valence-electron chi connectivity index (χ3n) is 4.37. The minimum absolute atomic E-state index is 0.324. The number of nitrogens with two attached hydrogens (primary N) is 1. The van der Waals surface area contributed by atoms with E-state index in [1.807, 2.05) is 37.3 Å². The first kappa shape index (κ1) is 17.0. The highest BCUT2D eigenvalue weighted by atomic mass is 32.1. The minimum atomic E-state index is -0.324. The number of anilines is 1. The largest absolute Gasteiger partial charge is 0.462 e. The summed E-state index contributed by atoms with van der Waals surface area (Å²) < 4.78 is 5.25. The van der Waals surface area contributed by atoms with Crippen LogP contribution in [0.3, 0.4) is 0 Å². The van der Waals surface area contributed by atoms with Crippen molar-refractivity contribution in [2.75, 3.05) is 25.4 Å². The predicted octanol–water partition coefficient (Wildman–Crippen LogP) is 4.16. The maximum absolute atomic E-state index is 12.5. The molecule has 2 aromatic rings. The molecule has 0 spiro atoms. The lowest BCUT2D eigenvalue weighted by atomic mass is 10.0. The van der Waals surface area contributed by atoms with E-state index in [2.05, 4.69) is 4.90 Å². The summed E-state index contributed by atoms with van der Waals surface area (Å²) in [5, 5.41) is 0.555. The van der Waals surface area contributed by atoms with Gasteiger partial charge in [0, 0.05) is 17.0 Å². The zero-order valence-corrected chi connectivity index (χ0v) is 14.9. The average molecular weight is 344 g/mol. The molecule has 0 amide bonds. The summed E-state index contributed by atoms with van der Waals surface area (Å²) in [5.74, 6) is -0.324. The van der Waals surface area contributed by atoms with Gasteiger partial charge in [-0.25, -0.2) is 4.79 Å². The van der Waals surface area contributed by atoms with Crippen LogP contribution in [0, 0.1) is 0 Å². The molecule has 1 aliphatic rings. The van der Waals surface area contributed by atoms with Crippen LogP contribution in [0.4, 0.5) is 5.00 Å².